The minimum absolute atomic E-state index is 0.0460. The third-order valence-electron chi connectivity index (χ3n) is 2.88. The summed E-state index contributed by atoms with van der Waals surface area (Å²) in [7, 11) is 1.80. The van der Waals surface area contributed by atoms with E-state index in [4.69, 9.17) is 18.0 Å². The molecular formula is C10H14N4OS. The molecule has 2 N–H and O–H groups in total. The fraction of sp³-hybridized carbons (Fsp3) is 0.500. The second-order valence-corrected chi connectivity index (χ2v) is 4.42. The molecule has 1 amide bonds. The number of amides is 1. The number of likely N-dealkylation sites (tertiary alicyclic amines) is 1. The second-order valence-electron chi connectivity index (χ2n) is 3.95. The molecule has 1 aromatic heterocycles. The Balaban J connectivity index is 2.22. The molecule has 1 fully saturated rings. The smallest absolute Gasteiger partial charge is 0.272 e. The zero-order valence-electron chi connectivity index (χ0n) is 9.09. The summed E-state index contributed by atoms with van der Waals surface area (Å²) in [6, 6.07) is -0.0996. The zero-order chi connectivity index (χ0) is 11.7. The monoisotopic (exact) mass is 238 g/mol. The van der Waals surface area contributed by atoms with E-state index in [1.54, 1.807) is 29.0 Å². The van der Waals surface area contributed by atoms with Gasteiger partial charge in [0.25, 0.3) is 5.91 Å². The number of carbonyl (C=O) groups excluding carboxylic acids is 1. The van der Waals surface area contributed by atoms with E-state index in [0.717, 1.165) is 12.8 Å². The van der Waals surface area contributed by atoms with Gasteiger partial charge in [-0.2, -0.15) is 0 Å². The van der Waals surface area contributed by atoms with Gasteiger partial charge in [-0.05, 0) is 12.8 Å². The van der Waals surface area contributed by atoms with Crippen LogP contribution in [0.5, 0.6) is 0 Å². The van der Waals surface area contributed by atoms with Crippen molar-refractivity contribution < 1.29 is 4.79 Å². The van der Waals surface area contributed by atoms with Gasteiger partial charge < -0.3 is 15.2 Å². The molecule has 0 saturated carbocycles. The molecule has 2 rings (SSSR count). The maximum atomic E-state index is 12.2. The van der Waals surface area contributed by atoms with Crippen LogP contribution in [0.1, 0.15) is 23.3 Å². The van der Waals surface area contributed by atoms with Gasteiger partial charge >= 0.3 is 0 Å². The molecule has 0 spiro atoms. The van der Waals surface area contributed by atoms with E-state index in [2.05, 4.69) is 4.98 Å². The SMILES string of the molecule is Cn1cncc1C(=O)N1CCCC1C(N)=S. The molecule has 1 unspecified atom stereocenters. The Labute approximate surface area is 99.2 Å². The molecule has 0 radical (unpaired) electrons. The maximum absolute atomic E-state index is 12.2. The highest BCUT2D eigenvalue weighted by Crippen LogP contribution is 2.20. The Hall–Kier alpha value is -1.43. The Morgan fingerprint density at radius 3 is 3.00 bits per heavy atom. The van der Waals surface area contributed by atoms with Crippen molar-refractivity contribution in [1.82, 2.24) is 14.5 Å². The predicted octanol–water partition coefficient (Wildman–Crippen LogP) is 0.311. The lowest BCUT2D eigenvalue weighted by molar-refractivity contribution is 0.0761. The van der Waals surface area contributed by atoms with E-state index < -0.39 is 0 Å². The van der Waals surface area contributed by atoms with E-state index in [-0.39, 0.29) is 11.9 Å². The van der Waals surface area contributed by atoms with Gasteiger partial charge in [0.05, 0.1) is 23.6 Å². The van der Waals surface area contributed by atoms with Gasteiger partial charge in [-0.1, -0.05) is 12.2 Å². The van der Waals surface area contributed by atoms with Crippen molar-refractivity contribution in [2.24, 2.45) is 12.8 Å². The number of rotatable bonds is 2. The summed E-state index contributed by atoms with van der Waals surface area (Å²) < 4.78 is 1.71. The molecule has 6 heteroatoms. The van der Waals surface area contributed by atoms with Crippen LogP contribution in [0.25, 0.3) is 0 Å². The van der Waals surface area contributed by atoms with E-state index in [1.807, 2.05) is 0 Å². The Kier molecular flexibility index (Phi) is 2.91. The molecule has 1 aliphatic heterocycles. The molecule has 5 nitrogen and oxygen atoms in total. The summed E-state index contributed by atoms with van der Waals surface area (Å²) in [6.45, 7) is 0.714. The fourth-order valence-electron chi connectivity index (χ4n) is 2.02. The van der Waals surface area contributed by atoms with Crippen molar-refractivity contribution in [2.45, 2.75) is 18.9 Å². The van der Waals surface area contributed by atoms with Gasteiger partial charge in [0.2, 0.25) is 0 Å². The van der Waals surface area contributed by atoms with Crippen LogP contribution in [0.2, 0.25) is 0 Å². The highest BCUT2D eigenvalue weighted by Gasteiger charge is 2.32. The first kappa shape index (κ1) is 11.1. The fourth-order valence-corrected chi connectivity index (χ4v) is 2.26. The quantitative estimate of drug-likeness (QED) is 0.753. The maximum Gasteiger partial charge on any atom is 0.272 e. The summed E-state index contributed by atoms with van der Waals surface area (Å²) in [5.74, 6) is -0.0460. The number of hydrogen-bond donors (Lipinski definition) is 1. The number of nitrogens with zero attached hydrogens (tertiary/aromatic N) is 3. The number of imidazole rings is 1. The largest absolute Gasteiger partial charge is 0.392 e. The number of nitrogens with two attached hydrogens (primary N) is 1. The standard InChI is InChI=1S/C10H14N4OS/c1-13-6-12-5-8(13)10(15)14-4-2-3-7(14)9(11)16/h5-7H,2-4H2,1H3,(H2,11,16). The van der Waals surface area contributed by atoms with Gasteiger partial charge in [0.1, 0.15) is 5.69 Å². The van der Waals surface area contributed by atoms with Crippen LogP contribution < -0.4 is 5.73 Å². The summed E-state index contributed by atoms with van der Waals surface area (Å²) >= 11 is 4.98. The Morgan fingerprint density at radius 2 is 2.44 bits per heavy atom. The minimum Gasteiger partial charge on any atom is -0.392 e. The molecule has 0 bridgehead atoms. The van der Waals surface area contributed by atoms with Crippen LogP contribution in [0.15, 0.2) is 12.5 Å². The number of thiocarbonyl (C=S) groups is 1. The van der Waals surface area contributed by atoms with Crippen LogP contribution >= 0.6 is 12.2 Å². The minimum atomic E-state index is -0.0996. The van der Waals surface area contributed by atoms with Crippen LogP contribution in [0.3, 0.4) is 0 Å². The highest BCUT2D eigenvalue weighted by molar-refractivity contribution is 7.80. The Bertz CT molecular complexity index is 428. The van der Waals surface area contributed by atoms with Crippen molar-refractivity contribution in [3.8, 4) is 0 Å². The predicted molar refractivity (Wildman–Crippen MR) is 64.1 cm³/mol. The first-order valence-electron chi connectivity index (χ1n) is 5.18. The summed E-state index contributed by atoms with van der Waals surface area (Å²) in [5.41, 5.74) is 6.20. The van der Waals surface area contributed by atoms with Gasteiger partial charge in [0.15, 0.2) is 0 Å². The first-order chi connectivity index (χ1) is 7.61. The number of aryl methyl sites for hydroxylation is 1. The molecule has 16 heavy (non-hydrogen) atoms. The molecule has 2 heterocycles. The molecule has 0 aromatic carbocycles. The van der Waals surface area contributed by atoms with Crippen molar-refractivity contribution in [2.75, 3.05) is 6.54 Å². The van der Waals surface area contributed by atoms with Crippen LogP contribution in [-0.4, -0.2) is 37.9 Å². The molecule has 86 valence electrons. The lowest BCUT2D eigenvalue weighted by Crippen LogP contribution is -2.43. The molecule has 1 aliphatic rings. The second kappa shape index (κ2) is 4.21. The molecule has 1 atom stereocenters. The molecular weight excluding hydrogens is 224 g/mol. The van der Waals surface area contributed by atoms with Crippen molar-refractivity contribution in [3.05, 3.63) is 18.2 Å². The van der Waals surface area contributed by atoms with Gasteiger partial charge in [-0.15, -0.1) is 0 Å². The molecule has 1 saturated heterocycles. The molecule has 1 aromatic rings. The van der Waals surface area contributed by atoms with E-state index >= 15 is 0 Å². The zero-order valence-corrected chi connectivity index (χ0v) is 9.91. The lowest BCUT2D eigenvalue weighted by Gasteiger charge is -2.23. The molecule has 0 aliphatic carbocycles. The van der Waals surface area contributed by atoms with E-state index in [1.165, 1.54) is 0 Å². The van der Waals surface area contributed by atoms with Crippen molar-refractivity contribution in [3.63, 3.8) is 0 Å². The summed E-state index contributed by atoms with van der Waals surface area (Å²) in [4.78, 5) is 18.3. The average molecular weight is 238 g/mol. The third-order valence-corrected chi connectivity index (χ3v) is 3.15. The number of aromatic nitrogens is 2. The lowest BCUT2D eigenvalue weighted by atomic mass is 10.2. The number of carbonyl (C=O) groups is 1. The van der Waals surface area contributed by atoms with E-state index in [0.29, 0.717) is 17.2 Å². The van der Waals surface area contributed by atoms with Crippen molar-refractivity contribution >= 4 is 23.1 Å². The van der Waals surface area contributed by atoms with Gasteiger partial charge in [-0.25, -0.2) is 4.98 Å². The normalized spacial score (nSPS) is 20.1. The van der Waals surface area contributed by atoms with Crippen molar-refractivity contribution in [1.29, 1.82) is 0 Å². The topological polar surface area (TPSA) is 64.2 Å². The van der Waals surface area contributed by atoms with Crippen LogP contribution in [0.4, 0.5) is 0 Å². The van der Waals surface area contributed by atoms with Gasteiger partial charge in [0, 0.05) is 13.6 Å². The highest BCUT2D eigenvalue weighted by atomic mass is 32.1. The average Bonchev–Trinajstić information content (AvgIpc) is 2.84. The van der Waals surface area contributed by atoms with Crippen LogP contribution in [-0.2, 0) is 7.05 Å². The summed E-state index contributed by atoms with van der Waals surface area (Å²) in [6.07, 6.45) is 4.99. The Morgan fingerprint density at radius 1 is 1.69 bits per heavy atom. The van der Waals surface area contributed by atoms with Gasteiger partial charge in [-0.3, -0.25) is 4.79 Å². The summed E-state index contributed by atoms with van der Waals surface area (Å²) in [5, 5.41) is 0. The number of hydrogen-bond acceptors (Lipinski definition) is 3. The first-order valence-corrected chi connectivity index (χ1v) is 5.58. The van der Waals surface area contributed by atoms with Crippen LogP contribution in [0, 0.1) is 0 Å². The third kappa shape index (κ3) is 1.80. The van der Waals surface area contributed by atoms with E-state index in [9.17, 15) is 4.79 Å².